The van der Waals surface area contributed by atoms with Crippen LogP contribution in [-0.2, 0) is 14.3 Å². The van der Waals surface area contributed by atoms with Gasteiger partial charge in [0.25, 0.3) is 0 Å². The summed E-state index contributed by atoms with van der Waals surface area (Å²) in [5, 5.41) is 13.1. The fraction of sp³-hybridized carbons (Fsp3) is 0.833. The second-order valence-electron chi connectivity index (χ2n) is 7.81. The van der Waals surface area contributed by atoms with Crippen LogP contribution in [0.2, 0.25) is 0 Å². The summed E-state index contributed by atoms with van der Waals surface area (Å²) in [6, 6.07) is 0. The number of hydrogen-bond donors (Lipinski definition) is 1. The summed E-state index contributed by atoms with van der Waals surface area (Å²) >= 11 is 0. The Bertz CT molecular complexity index is 416. The summed E-state index contributed by atoms with van der Waals surface area (Å²) in [6.45, 7) is 3.32. The van der Waals surface area contributed by atoms with Gasteiger partial charge in [-0.1, -0.05) is 96.1 Å². The Morgan fingerprint density at radius 2 is 1.27 bits per heavy atom. The topological polar surface area (TPSA) is 78.5 Å². The molecule has 1 N–H and O–H groups in total. The number of carbonyl (C=O) groups is 2. The monoisotopic (exact) mass is 433 g/mol. The van der Waals surface area contributed by atoms with Crippen LogP contribution < -0.4 is 40.0 Å². The average Bonchev–Trinajstić information content (AvgIpc) is 2.69. The number of rotatable bonds is 22. The van der Waals surface area contributed by atoms with E-state index in [-0.39, 0.29) is 48.4 Å². The van der Waals surface area contributed by atoms with Crippen molar-refractivity contribution >= 4 is 11.9 Å². The van der Waals surface area contributed by atoms with Gasteiger partial charge in [-0.25, -0.2) is 0 Å². The van der Waals surface area contributed by atoms with Gasteiger partial charge in [0.15, 0.2) is 0 Å². The minimum Gasteiger partial charge on any atom is -0.550 e. The molecule has 0 aliphatic heterocycles. The number of ether oxygens (including phenoxy) is 1. The molecule has 0 saturated carbocycles. The number of aliphatic carboxylic acids is 1. The Morgan fingerprint density at radius 1 is 0.767 bits per heavy atom. The fourth-order valence-electron chi connectivity index (χ4n) is 3.18. The molecule has 0 heterocycles. The predicted molar refractivity (Wildman–Crippen MR) is 118 cm³/mol. The van der Waals surface area contributed by atoms with Crippen molar-refractivity contribution in [2.75, 3.05) is 19.7 Å². The van der Waals surface area contributed by atoms with Crippen molar-refractivity contribution in [2.45, 2.75) is 110 Å². The van der Waals surface area contributed by atoms with Gasteiger partial charge in [0.05, 0.1) is 6.42 Å². The molecule has 30 heavy (non-hydrogen) atoms. The van der Waals surface area contributed by atoms with E-state index in [4.69, 9.17) is 4.74 Å². The van der Waals surface area contributed by atoms with Crippen molar-refractivity contribution < 1.29 is 49.0 Å². The maximum absolute atomic E-state index is 11.5. The number of esters is 1. The molecule has 0 saturated heterocycles. The van der Waals surface area contributed by atoms with Gasteiger partial charge in [0, 0.05) is 19.1 Å². The first-order valence-electron chi connectivity index (χ1n) is 11.9. The second-order valence-corrected chi connectivity index (χ2v) is 7.81. The number of carbonyl (C=O) groups excluding carboxylic acids is 2. The molecule has 0 unspecified atom stereocenters. The van der Waals surface area contributed by atoms with Gasteiger partial charge in [-0.2, -0.15) is 0 Å². The smallest absolute Gasteiger partial charge is 0.550 e. The predicted octanol–water partition coefficient (Wildman–Crippen LogP) is 1.69. The number of carboxylic acids is 1. The quantitative estimate of drug-likeness (QED) is 0.122. The minimum atomic E-state index is -1.09. The van der Waals surface area contributed by atoms with Gasteiger partial charge < -0.3 is 20.0 Å². The number of carboxylic acid groups (broad SMARTS) is 1. The van der Waals surface area contributed by atoms with E-state index >= 15 is 0 Å². The molecule has 0 aromatic rings. The molecule has 0 bridgehead atoms. The summed E-state index contributed by atoms with van der Waals surface area (Å²) < 4.78 is 5.09. The van der Waals surface area contributed by atoms with E-state index in [9.17, 15) is 14.7 Å². The van der Waals surface area contributed by atoms with Gasteiger partial charge in [-0.15, -0.1) is 0 Å². The molecule has 0 radical (unpaired) electrons. The Hall–Kier alpha value is -0.360. The van der Waals surface area contributed by atoms with Crippen LogP contribution in [0.5, 0.6) is 0 Å². The first-order valence-corrected chi connectivity index (χ1v) is 11.9. The van der Waals surface area contributed by atoms with Crippen LogP contribution in [0.3, 0.4) is 0 Å². The number of nitrogens with one attached hydrogen (secondary N) is 1. The van der Waals surface area contributed by atoms with Crippen molar-refractivity contribution in [1.29, 1.82) is 0 Å². The van der Waals surface area contributed by atoms with E-state index in [0.717, 1.165) is 6.42 Å². The average molecular weight is 434 g/mol. The van der Waals surface area contributed by atoms with Gasteiger partial charge in [-0.3, -0.25) is 4.79 Å². The van der Waals surface area contributed by atoms with E-state index in [1.54, 1.807) is 0 Å². The molecule has 0 spiro atoms. The van der Waals surface area contributed by atoms with E-state index in [1.165, 1.54) is 83.5 Å². The molecular formula is C24H44NNaO4. The normalized spacial score (nSPS) is 10.8. The SMILES string of the molecule is CCCCCCCCCCCCCCCC=CCOC(=O)CCNCCC(=O)[O-].[Na+]. The molecule has 0 aromatic carbocycles. The van der Waals surface area contributed by atoms with Crippen LogP contribution >= 0.6 is 0 Å². The van der Waals surface area contributed by atoms with Crippen LogP contribution in [0.4, 0.5) is 0 Å². The van der Waals surface area contributed by atoms with E-state index in [1.807, 2.05) is 6.08 Å². The molecule has 6 heteroatoms. The number of hydrogen-bond acceptors (Lipinski definition) is 5. The molecule has 0 aromatic heterocycles. The third-order valence-corrected chi connectivity index (χ3v) is 4.99. The van der Waals surface area contributed by atoms with Crippen molar-refractivity contribution in [3.05, 3.63) is 12.2 Å². The molecule has 0 aliphatic rings. The largest absolute Gasteiger partial charge is 1.00 e. The summed E-state index contributed by atoms with van der Waals surface area (Å²) in [6.07, 6.45) is 23.0. The van der Waals surface area contributed by atoms with Crippen LogP contribution in [0.25, 0.3) is 0 Å². The van der Waals surface area contributed by atoms with E-state index in [0.29, 0.717) is 19.7 Å². The maximum Gasteiger partial charge on any atom is 1.00 e. The standard InChI is InChI=1S/C24H45NO4.Na/c1-2-3-4-5-6-7-8-9-10-11-12-13-14-15-16-17-22-29-24(28)19-21-25-20-18-23(26)27;/h16-17,25H,2-15,18-22H2,1H3,(H,26,27);/q;+1/p-1. The summed E-state index contributed by atoms with van der Waals surface area (Å²) in [4.78, 5) is 21.7. The summed E-state index contributed by atoms with van der Waals surface area (Å²) in [7, 11) is 0. The molecule has 0 atom stereocenters. The fourth-order valence-corrected chi connectivity index (χ4v) is 3.18. The zero-order chi connectivity index (χ0) is 21.4. The molecule has 5 nitrogen and oxygen atoms in total. The van der Waals surface area contributed by atoms with Crippen molar-refractivity contribution in [3.8, 4) is 0 Å². The number of unbranched alkanes of at least 4 members (excludes halogenated alkanes) is 13. The first kappa shape index (κ1) is 31.8. The van der Waals surface area contributed by atoms with E-state index < -0.39 is 5.97 Å². The minimum absolute atomic E-state index is 0. The third-order valence-electron chi connectivity index (χ3n) is 4.99. The first-order chi connectivity index (χ1) is 14.2. The Labute approximate surface area is 207 Å². The molecular weight excluding hydrogens is 389 g/mol. The van der Waals surface area contributed by atoms with Crippen molar-refractivity contribution in [3.63, 3.8) is 0 Å². The Kier molecular flexibility index (Phi) is 28.3. The van der Waals surface area contributed by atoms with Gasteiger partial charge in [0.1, 0.15) is 6.61 Å². The van der Waals surface area contributed by atoms with Gasteiger partial charge >= 0.3 is 35.5 Å². The second kappa shape index (κ2) is 26.7. The van der Waals surface area contributed by atoms with Gasteiger partial charge in [0.2, 0.25) is 0 Å². The summed E-state index contributed by atoms with van der Waals surface area (Å²) in [5.74, 6) is -1.36. The zero-order valence-electron chi connectivity index (χ0n) is 19.7. The van der Waals surface area contributed by atoms with Crippen molar-refractivity contribution in [1.82, 2.24) is 5.32 Å². The number of allylic oxidation sites excluding steroid dienone is 1. The maximum atomic E-state index is 11.5. The van der Waals surface area contributed by atoms with Crippen LogP contribution in [0.15, 0.2) is 12.2 Å². The Morgan fingerprint density at radius 3 is 1.80 bits per heavy atom. The van der Waals surface area contributed by atoms with Crippen molar-refractivity contribution in [2.24, 2.45) is 0 Å². The summed E-state index contributed by atoms with van der Waals surface area (Å²) in [5.41, 5.74) is 0. The Balaban J connectivity index is 0. The van der Waals surface area contributed by atoms with Gasteiger partial charge in [-0.05, 0) is 19.3 Å². The van der Waals surface area contributed by atoms with Crippen LogP contribution in [-0.4, -0.2) is 31.6 Å². The molecule has 0 aliphatic carbocycles. The molecule has 0 fully saturated rings. The van der Waals surface area contributed by atoms with Crippen LogP contribution in [0.1, 0.15) is 110 Å². The van der Waals surface area contributed by atoms with E-state index in [2.05, 4.69) is 18.3 Å². The van der Waals surface area contributed by atoms with Crippen LogP contribution in [0, 0.1) is 0 Å². The molecule has 0 rings (SSSR count). The molecule has 0 amide bonds. The molecule has 170 valence electrons. The third kappa shape index (κ3) is 27.6. The zero-order valence-corrected chi connectivity index (χ0v) is 21.7.